The van der Waals surface area contributed by atoms with Crippen LogP contribution >= 0.6 is 0 Å². The summed E-state index contributed by atoms with van der Waals surface area (Å²) in [5.74, 6) is 0.997. The lowest BCUT2D eigenvalue weighted by molar-refractivity contribution is -0.122. The summed E-state index contributed by atoms with van der Waals surface area (Å²) < 4.78 is 32.8. The van der Waals surface area contributed by atoms with E-state index in [1.54, 1.807) is 35.7 Å². The molecule has 2 unspecified atom stereocenters. The van der Waals surface area contributed by atoms with Gasteiger partial charge in [0.25, 0.3) is 0 Å². The largest absolute Gasteiger partial charge is 0.497 e. The van der Waals surface area contributed by atoms with Crippen LogP contribution in [0.25, 0.3) is 0 Å². The van der Waals surface area contributed by atoms with Gasteiger partial charge in [0.15, 0.2) is 0 Å². The number of amides is 1. The van der Waals surface area contributed by atoms with E-state index in [0.717, 1.165) is 12.0 Å². The van der Waals surface area contributed by atoms with Crippen LogP contribution in [0.1, 0.15) is 31.7 Å². The normalized spacial score (nSPS) is 19.9. The van der Waals surface area contributed by atoms with E-state index in [1.165, 1.54) is 0 Å². The monoisotopic (exact) mass is 430 g/mol. The zero-order valence-electron chi connectivity index (χ0n) is 17.6. The highest BCUT2D eigenvalue weighted by Gasteiger charge is 2.35. The number of nitrogens with zero attached hydrogens (tertiary/aromatic N) is 1. The van der Waals surface area contributed by atoms with Crippen molar-refractivity contribution in [3.8, 4) is 5.75 Å². The van der Waals surface area contributed by atoms with E-state index >= 15 is 0 Å². The number of piperidine rings is 1. The lowest BCUT2D eigenvalue weighted by Crippen LogP contribution is -2.44. The first-order chi connectivity index (χ1) is 14.4. The van der Waals surface area contributed by atoms with Crippen LogP contribution in [0.3, 0.4) is 0 Å². The third-order valence-corrected chi connectivity index (χ3v) is 7.74. The SMILES string of the molecule is CCC1CN(S(=O)(=O)c2ccc(OC)cc2)CCC1CC(=O)NCc1ccccc1. The summed E-state index contributed by atoms with van der Waals surface area (Å²) in [7, 11) is -2.00. The van der Waals surface area contributed by atoms with Gasteiger partial charge in [-0.1, -0.05) is 43.7 Å². The fourth-order valence-corrected chi connectivity index (χ4v) is 5.51. The number of ether oxygens (including phenoxy) is 1. The van der Waals surface area contributed by atoms with Gasteiger partial charge in [0.05, 0.1) is 12.0 Å². The summed E-state index contributed by atoms with van der Waals surface area (Å²) in [4.78, 5) is 12.7. The molecule has 30 heavy (non-hydrogen) atoms. The second-order valence-corrected chi connectivity index (χ2v) is 9.66. The smallest absolute Gasteiger partial charge is 0.243 e. The Balaban J connectivity index is 1.59. The second-order valence-electron chi connectivity index (χ2n) is 7.72. The van der Waals surface area contributed by atoms with Crippen LogP contribution in [-0.2, 0) is 21.4 Å². The standard InChI is InChI=1S/C23H30N2O4S/c1-3-19-17-25(30(27,28)22-11-9-21(29-2)10-12-22)14-13-20(19)15-23(26)24-16-18-7-5-4-6-8-18/h4-12,19-20H,3,13-17H2,1-2H3,(H,24,26). The van der Waals surface area contributed by atoms with Crippen molar-refractivity contribution >= 4 is 15.9 Å². The van der Waals surface area contributed by atoms with Crippen molar-refractivity contribution in [3.05, 3.63) is 60.2 Å². The molecule has 1 aliphatic heterocycles. The number of carbonyl (C=O) groups excluding carboxylic acids is 1. The van der Waals surface area contributed by atoms with Crippen molar-refractivity contribution in [2.24, 2.45) is 11.8 Å². The molecular weight excluding hydrogens is 400 g/mol. The fourth-order valence-electron chi connectivity index (χ4n) is 4.00. The van der Waals surface area contributed by atoms with Crippen molar-refractivity contribution in [2.45, 2.75) is 37.6 Å². The number of carbonyl (C=O) groups is 1. The zero-order valence-corrected chi connectivity index (χ0v) is 18.4. The van der Waals surface area contributed by atoms with Crippen LogP contribution < -0.4 is 10.1 Å². The molecule has 1 saturated heterocycles. The Bertz CT molecular complexity index is 929. The number of hydrogen-bond donors (Lipinski definition) is 1. The van der Waals surface area contributed by atoms with E-state index in [9.17, 15) is 13.2 Å². The summed E-state index contributed by atoms with van der Waals surface area (Å²) in [5, 5.41) is 2.99. The van der Waals surface area contributed by atoms with Crippen molar-refractivity contribution in [1.29, 1.82) is 0 Å². The van der Waals surface area contributed by atoms with Crippen LogP contribution in [0.4, 0.5) is 0 Å². The Morgan fingerprint density at radius 3 is 2.43 bits per heavy atom. The first-order valence-corrected chi connectivity index (χ1v) is 11.8. The molecule has 0 aliphatic carbocycles. The Hall–Kier alpha value is -2.38. The maximum absolute atomic E-state index is 13.0. The van der Waals surface area contributed by atoms with Gasteiger partial charge < -0.3 is 10.1 Å². The predicted molar refractivity (Wildman–Crippen MR) is 117 cm³/mol. The van der Waals surface area contributed by atoms with Crippen LogP contribution in [0, 0.1) is 11.8 Å². The molecule has 3 rings (SSSR count). The van der Waals surface area contributed by atoms with E-state index in [2.05, 4.69) is 12.2 Å². The van der Waals surface area contributed by atoms with Crippen LogP contribution in [0.2, 0.25) is 0 Å². The van der Waals surface area contributed by atoms with Gasteiger partial charge in [-0.3, -0.25) is 4.79 Å². The van der Waals surface area contributed by atoms with E-state index in [0.29, 0.717) is 38.2 Å². The first kappa shape index (κ1) is 22.3. The molecule has 0 saturated carbocycles. The third-order valence-electron chi connectivity index (χ3n) is 5.86. The highest BCUT2D eigenvalue weighted by Crippen LogP contribution is 2.32. The highest BCUT2D eigenvalue weighted by molar-refractivity contribution is 7.89. The maximum Gasteiger partial charge on any atom is 0.243 e. The summed E-state index contributed by atoms with van der Waals surface area (Å²) in [5.41, 5.74) is 1.07. The minimum atomic E-state index is -3.55. The average Bonchev–Trinajstić information content (AvgIpc) is 2.78. The first-order valence-electron chi connectivity index (χ1n) is 10.4. The van der Waals surface area contributed by atoms with Gasteiger partial charge in [-0.05, 0) is 48.1 Å². The quantitative estimate of drug-likeness (QED) is 0.696. The topological polar surface area (TPSA) is 75.7 Å². The molecule has 1 fully saturated rings. The van der Waals surface area contributed by atoms with Crippen LogP contribution in [0.15, 0.2) is 59.5 Å². The molecule has 0 aromatic heterocycles. The van der Waals surface area contributed by atoms with E-state index in [-0.39, 0.29) is 22.6 Å². The van der Waals surface area contributed by atoms with Gasteiger partial charge in [-0.15, -0.1) is 0 Å². The van der Waals surface area contributed by atoms with E-state index < -0.39 is 10.0 Å². The summed E-state index contributed by atoms with van der Waals surface area (Å²) >= 11 is 0. The molecule has 2 aromatic rings. The summed E-state index contributed by atoms with van der Waals surface area (Å²) in [6, 6.07) is 16.3. The summed E-state index contributed by atoms with van der Waals surface area (Å²) in [6.45, 7) is 3.45. The van der Waals surface area contributed by atoms with Gasteiger partial charge >= 0.3 is 0 Å². The molecule has 0 radical (unpaired) electrons. The minimum Gasteiger partial charge on any atom is -0.497 e. The Labute approximate surface area is 179 Å². The molecule has 2 aromatic carbocycles. The van der Waals surface area contributed by atoms with Gasteiger partial charge in [0.2, 0.25) is 15.9 Å². The number of hydrogen-bond acceptors (Lipinski definition) is 4. The summed E-state index contributed by atoms with van der Waals surface area (Å²) in [6.07, 6.45) is 1.96. The van der Waals surface area contributed by atoms with E-state index in [4.69, 9.17) is 4.74 Å². The number of methoxy groups -OCH3 is 1. The minimum absolute atomic E-state index is 0.0220. The Morgan fingerprint density at radius 2 is 1.80 bits per heavy atom. The Morgan fingerprint density at radius 1 is 1.10 bits per heavy atom. The molecule has 162 valence electrons. The third kappa shape index (κ3) is 5.40. The molecule has 1 N–H and O–H groups in total. The highest BCUT2D eigenvalue weighted by atomic mass is 32.2. The van der Waals surface area contributed by atoms with Crippen molar-refractivity contribution in [1.82, 2.24) is 9.62 Å². The predicted octanol–water partition coefficient (Wildman–Crippen LogP) is 3.44. The van der Waals surface area contributed by atoms with Crippen molar-refractivity contribution in [3.63, 3.8) is 0 Å². The van der Waals surface area contributed by atoms with Crippen molar-refractivity contribution < 1.29 is 17.9 Å². The average molecular weight is 431 g/mol. The number of rotatable bonds is 8. The lowest BCUT2D eigenvalue weighted by atomic mass is 9.82. The fraction of sp³-hybridized carbons (Fsp3) is 0.435. The van der Waals surface area contributed by atoms with Crippen LogP contribution in [0.5, 0.6) is 5.75 Å². The molecule has 2 atom stereocenters. The zero-order chi connectivity index (χ0) is 21.6. The van der Waals surface area contributed by atoms with E-state index in [1.807, 2.05) is 30.3 Å². The molecule has 0 bridgehead atoms. The lowest BCUT2D eigenvalue weighted by Gasteiger charge is -2.37. The number of nitrogens with one attached hydrogen (secondary N) is 1. The second kappa shape index (κ2) is 10.1. The van der Waals surface area contributed by atoms with Crippen molar-refractivity contribution in [2.75, 3.05) is 20.2 Å². The molecule has 1 heterocycles. The molecule has 1 amide bonds. The number of benzene rings is 2. The van der Waals surface area contributed by atoms with Gasteiger partial charge in [0, 0.05) is 26.1 Å². The van der Waals surface area contributed by atoms with Gasteiger partial charge in [-0.25, -0.2) is 8.42 Å². The van der Waals surface area contributed by atoms with Gasteiger partial charge in [0.1, 0.15) is 5.75 Å². The molecule has 0 spiro atoms. The molecule has 1 aliphatic rings. The molecular formula is C23H30N2O4S. The Kier molecular flexibility index (Phi) is 7.50. The maximum atomic E-state index is 13.0. The van der Waals surface area contributed by atoms with Crippen LogP contribution in [-0.4, -0.2) is 38.8 Å². The molecule has 7 heteroatoms. The number of sulfonamides is 1. The molecule has 6 nitrogen and oxygen atoms in total. The van der Waals surface area contributed by atoms with Gasteiger partial charge in [-0.2, -0.15) is 4.31 Å².